The van der Waals surface area contributed by atoms with Crippen LogP contribution < -0.4 is 5.32 Å². The number of nitrogens with one attached hydrogen (secondary N) is 1. The molecule has 1 N–H and O–H groups in total. The van der Waals surface area contributed by atoms with Crippen molar-refractivity contribution in [3.63, 3.8) is 0 Å². The standard InChI is InChI=1S/C15H28N2O2/c1-12(2)11-19-14-5-7-17(8-6-14)15(18)10-16-9-13-3-4-13/h12-14,16H,3-11H2,1-2H3. The summed E-state index contributed by atoms with van der Waals surface area (Å²) in [7, 11) is 0. The van der Waals surface area contributed by atoms with E-state index in [0.29, 0.717) is 18.6 Å². The fraction of sp³-hybridized carbons (Fsp3) is 0.933. The van der Waals surface area contributed by atoms with Gasteiger partial charge in [-0.2, -0.15) is 0 Å². The first-order valence-electron chi connectivity index (χ1n) is 7.75. The molecule has 0 bridgehead atoms. The normalized spacial score (nSPS) is 21.1. The van der Waals surface area contributed by atoms with Crippen molar-refractivity contribution >= 4 is 5.91 Å². The molecule has 1 heterocycles. The predicted molar refractivity (Wildman–Crippen MR) is 76.0 cm³/mol. The molecule has 2 fully saturated rings. The summed E-state index contributed by atoms with van der Waals surface area (Å²) in [6.45, 7) is 8.41. The zero-order chi connectivity index (χ0) is 13.7. The molecule has 1 saturated carbocycles. The van der Waals surface area contributed by atoms with Gasteiger partial charge in [0.15, 0.2) is 0 Å². The smallest absolute Gasteiger partial charge is 0.236 e. The number of hydrogen-bond donors (Lipinski definition) is 1. The maximum Gasteiger partial charge on any atom is 0.236 e. The van der Waals surface area contributed by atoms with E-state index in [9.17, 15) is 4.79 Å². The average molecular weight is 268 g/mol. The molecule has 4 nitrogen and oxygen atoms in total. The molecule has 4 heteroatoms. The second-order valence-corrected chi connectivity index (χ2v) is 6.38. The van der Waals surface area contributed by atoms with Crippen molar-refractivity contribution in [3.8, 4) is 0 Å². The number of nitrogens with zero attached hydrogens (tertiary/aromatic N) is 1. The lowest BCUT2D eigenvalue weighted by Gasteiger charge is -2.32. The number of amides is 1. The van der Waals surface area contributed by atoms with E-state index < -0.39 is 0 Å². The van der Waals surface area contributed by atoms with E-state index >= 15 is 0 Å². The van der Waals surface area contributed by atoms with Crippen LogP contribution in [0.2, 0.25) is 0 Å². The molecule has 1 aliphatic carbocycles. The summed E-state index contributed by atoms with van der Waals surface area (Å²) < 4.78 is 5.84. The van der Waals surface area contributed by atoms with Crippen LogP contribution in [0.1, 0.15) is 39.5 Å². The Morgan fingerprint density at radius 3 is 2.53 bits per heavy atom. The third kappa shape index (κ3) is 5.49. The van der Waals surface area contributed by atoms with Gasteiger partial charge in [0.2, 0.25) is 5.91 Å². The van der Waals surface area contributed by atoms with Gasteiger partial charge in [-0.05, 0) is 44.1 Å². The Balaban J connectivity index is 1.57. The van der Waals surface area contributed by atoms with Gasteiger partial charge in [-0.15, -0.1) is 0 Å². The maximum absolute atomic E-state index is 12.0. The molecular formula is C15H28N2O2. The van der Waals surface area contributed by atoms with Crippen LogP contribution in [0, 0.1) is 11.8 Å². The number of carbonyl (C=O) groups excluding carboxylic acids is 1. The van der Waals surface area contributed by atoms with Gasteiger partial charge in [0.05, 0.1) is 12.6 Å². The summed E-state index contributed by atoms with van der Waals surface area (Å²) in [6.07, 6.45) is 4.99. The van der Waals surface area contributed by atoms with E-state index in [1.807, 2.05) is 4.90 Å². The largest absolute Gasteiger partial charge is 0.378 e. The minimum Gasteiger partial charge on any atom is -0.378 e. The monoisotopic (exact) mass is 268 g/mol. The fourth-order valence-electron chi connectivity index (χ4n) is 2.42. The average Bonchev–Trinajstić information content (AvgIpc) is 3.21. The highest BCUT2D eigenvalue weighted by atomic mass is 16.5. The van der Waals surface area contributed by atoms with Crippen molar-refractivity contribution < 1.29 is 9.53 Å². The number of hydrogen-bond acceptors (Lipinski definition) is 3. The molecule has 0 spiro atoms. The van der Waals surface area contributed by atoms with Crippen molar-refractivity contribution in [2.24, 2.45) is 11.8 Å². The van der Waals surface area contributed by atoms with E-state index in [2.05, 4.69) is 19.2 Å². The molecule has 0 aromatic heterocycles. The number of piperidine rings is 1. The molecule has 19 heavy (non-hydrogen) atoms. The van der Waals surface area contributed by atoms with Gasteiger partial charge < -0.3 is 15.0 Å². The molecule has 0 unspecified atom stereocenters. The molecule has 110 valence electrons. The molecule has 1 amide bonds. The summed E-state index contributed by atoms with van der Waals surface area (Å²) in [5.41, 5.74) is 0. The third-order valence-corrected chi connectivity index (χ3v) is 3.87. The molecule has 0 aromatic rings. The highest BCUT2D eigenvalue weighted by molar-refractivity contribution is 5.78. The van der Waals surface area contributed by atoms with E-state index in [4.69, 9.17) is 4.74 Å². The van der Waals surface area contributed by atoms with Crippen LogP contribution >= 0.6 is 0 Å². The van der Waals surface area contributed by atoms with Crippen LogP contribution in [0.4, 0.5) is 0 Å². The Morgan fingerprint density at radius 2 is 1.95 bits per heavy atom. The molecular weight excluding hydrogens is 240 g/mol. The number of carbonyl (C=O) groups is 1. The van der Waals surface area contributed by atoms with Gasteiger partial charge in [-0.25, -0.2) is 0 Å². The first-order valence-corrected chi connectivity index (χ1v) is 7.75. The van der Waals surface area contributed by atoms with Crippen molar-refractivity contribution in [1.29, 1.82) is 0 Å². The summed E-state index contributed by atoms with van der Waals surface area (Å²) in [5, 5.41) is 3.27. The van der Waals surface area contributed by atoms with Gasteiger partial charge in [0.25, 0.3) is 0 Å². The Labute approximate surface area is 116 Å². The van der Waals surface area contributed by atoms with Crippen LogP contribution in [-0.4, -0.2) is 49.7 Å². The predicted octanol–water partition coefficient (Wildman–Crippen LogP) is 1.65. The lowest BCUT2D eigenvalue weighted by molar-refractivity contribution is -0.133. The first kappa shape index (κ1) is 14.8. The van der Waals surface area contributed by atoms with Gasteiger partial charge in [0, 0.05) is 19.7 Å². The molecule has 1 saturated heterocycles. The molecule has 0 radical (unpaired) electrons. The van der Waals surface area contributed by atoms with E-state index in [1.54, 1.807) is 0 Å². The summed E-state index contributed by atoms with van der Waals surface area (Å²) in [5.74, 6) is 1.68. The quantitative estimate of drug-likeness (QED) is 0.763. The maximum atomic E-state index is 12.0. The topological polar surface area (TPSA) is 41.6 Å². The zero-order valence-electron chi connectivity index (χ0n) is 12.4. The van der Waals surface area contributed by atoms with Crippen molar-refractivity contribution in [2.75, 3.05) is 32.8 Å². The first-order chi connectivity index (χ1) is 9.15. The molecule has 2 aliphatic rings. The summed E-state index contributed by atoms with van der Waals surface area (Å²) in [4.78, 5) is 14.0. The van der Waals surface area contributed by atoms with Gasteiger partial charge >= 0.3 is 0 Å². The Kier molecular flexibility index (Phi) is 5.64. The second-order valence-electron chi connectivity index (χ2n) is 6.38. The Morgan fingerprint density at radius 1 is 1.26 bits per heavy atom. The highest BCUT2D eigenvalue weighted by Crippen LogP contribution is 2.27. The zero-order valence-corrected chi connectivity index (χ0v) is 12.4. The highest BCUT2D eigenvalue weighted by Gasteiger charge is 2.24. The Bertz CT molecular complexity index is 282. The van der Waals surface area contributed by atoms with Crippen LogP contribution in [0.15, 0.2) is 0 Å². The lowest BCUT2D eigenvalue weighted by Crippen LogP contribution is -2.44. The summed E-state index contributed by atoms with van der Waals surface area (Å²) >= 11 is 0. The fourth-order valence-corrected chi connectivity index (χ4v) is 2.42. The lowest BCUT2D eigenvalue weighted by atomic mass is 10.1. The number of ether oxygens (including phenoxy) is 1. The molecule has 2 rings (SSSR count). The molecule has 0 aromatic carbocycles. The number of likely N-dealkylation sites (tertiary alicyclic amines) is 1. The third-order valence-electron chi connectivity index (χ3n) is 3.87. The van der Waals surface area contributed by atoms with Crippen LogP contribution in [0.3, 0.4) is 0 Å². The van der Waals surface area contributed by atoms with Crippen molar-refractivity contribution in [2.45, 2.75) is 45.6 Å². The minimum absolute atomic E-state index is 0.253. The molecule has 0 atom stereocenters. The SMILES string of the molecule is CC(C)COC1CCN(C(=O)CNCC2CC2)CC1. The second kappa shape index (κ2) is 7.25. The van der Waals surface area contributed by atoms with Crippen LogP contribution in [0.5, 0.6) is 0 Å². The molecule has 1 aliphatic heterocycles. The minimum atomic E-state index is 0.253. The van der Waals surface area contributed by atoms with E-state index in [0.717, 1.165) is 45.0 Å². The summed E-state index contributed by atoms with van der Waals surface area (Å²) in [6, 6.07) is 0. The van der Waals surface area contributed by atoms with Crippen molar-refractivity contribution in [3.05, 3.63) is 0 Å². The van der Waals surface area contributed by atoms with Gasteiger partial charge in [0.1, 0.15) is 0 Å². The van der Waals surface area contributed by atoms with Gasteiger partial charge in [-0.3, -0.25) is 4.79 Å². The number of rotatable bonds is 7. The van der Waals surface area contributed by atoms with E-state index in [-0.39, 0.29) is 5.91 Å². The van der Waals surface area contributed by atoms with E-state index in [1.165, 1.54) is 12.8 Å². The van der Waals surface area contributed by atoms with Gasteiger partial charge in [-0.1, -0.05) is 13.8 Å². The van der Waals surface area contributed by atoms with Crippen LogP contribution in [-0.2, 0) is 9.53 Å². The van der Waals surface area contributed by atoms with Crippen LogP contribution in [0.25, 0.3) is 0 Å². The Hall–Kier alpha value is -0.610. The van der Waals surface area contributed by atoms with Crippen molar-refractivity contribution in [1.82, 2.24) is 10.2 Å².